The first-order chi connectivity index (χ1) is 10.1. The molecule has 0 unspecified atom stereocenters. The van der Waals surface area contributed by atoms with Gasteiger partial charge in [0.1, 0.15) is 10.9 Å². The third-order valence-electron chi connectivity index (χ3n) is 2.95. The summed E-state index contributed by atoms with van der Waals surface area (Å²) in [5.41, 5.74) is 0.674. The van der Waals surface area contributed by atoms with E-state index < -0.39 is 5.92 Å². The number of halogens is 2. The van der Waals surface area contributed by atoms with Crippen molar-refractivity contribution < 1.29 is 4.79 Å². The highest BCUT2D eigenvalue weighted by Gasteiger charge is 2.38. The molecule has 1 aliphatic rings. The van der Waals surface area contributed by atoms with E-state index in [9.17, 15) is 4.79 Å². The van der Waals surface area contributed by atoms with Gasteiger partial charge in [-0.05, 0) is 17.7 Å². The number of nitrogens with zero attached hydrogens (tertiary/aromatic N) is 1. The Morgan fingerprint density at radius 3 is 2.86 bits per heavy atom. The maximum atomic E-state index is 12.5. The van der Waals surface area contributed by atoms with E-state index in [1.165, 1.54) is 11.3 Å². The van der Waals surface area contributed by atoms with Gasteiger partial charge in [-0.2, -0.15) is 0 Å². The van der Waals surface area contributed by atoms with Crippen LogP contribution in [0, 0.1) is 5.41 Å². The van der Waals surface area contributed by atoms with E-state index in [0.717, 1.165) is 11.8 Å². The molecule has 3 nitrogen and oxygen atoms in total. The SMILES string of the molecule is N=C1S/C(=C\c2cccc(Cl)c2Cl)C(=O)[C@H]1c1nccs1. The lowest BCUT2D eigenvalue weighted by atomic mass is 10.1. The molecular weight excluding hydrogens is 347 g/mol. The molecular formula is C14H8Cl2N2OS2. The Labute approximate surface area is 139 Å². The molecule has 1 saturated heterocycles. The van der Waals surface area contributed by atoms with E-state index in [2.05, 4.69) is 4.98 Å². The number of carbonyl (C=O) groups excluding carboxylic acids is 1. The molecule has 21 heavy (non-hydrogen) atoms. The van der Waals surface area contributed by atoms with Gasteiger partial charge in [0.2, 0.25) is 0 Å². The monoisotopic (exact) mass is 354 g/mol. The van der Waals surface area contributed by atoms with Gasteiger partial charge in [0.05, 0.1) is 20.0 Å². The van der Waals surface area contributed by atoms with Crippen LogP contribution in [0.4, 0.5) is 0 Å². The number of nitrogens with one attached hydrogen (secondary N) is 1. The minimum absolute atomic E-state index is 0.115. The smallest absolute Gasteiger partial charge is 0.186 e. The molecule has 1 aromatic carbocycles. The first-order valence-electron chi connectivity index (χ1n) is 5.93. The van der Waals surface area contributed by atoms with Crippen molar-refractivity contribution in [3.63, 3.8) is 0 Å². The van der Waals surface area contributed by atoms with Crippen molar-refractivity contribution in [3.8, 4) is 0 Å². The Morgan fingerprint density at radius 2 is 2.14 bits per heavy atom. The van der Waals surface area contributed by atoms with Crippen LogP contribution in [0.3, 0.4) is 0 Å². The lowest BCUT2D eigenvalue weighted by Crippen LogP contribution is -2.11. The van der Waals surface area contributed by atoms with Crippen molar-refractivity contribution in [3.05, 3.63) is 55.3 Å². The number of benzene rings is 1. The van der Waals surface area contributed by atoms with Crippen molar-refractivity contribution in [1.29, 1.82) is 5.41 Å². The van der Waals surface area contributed by atoms with E-state index in [0.29, 0.717) is 30.6 Å². The Kier molecular flexibility index (Phi) is 4.17. The third-order valence-corrected chi connectivity index (χ3v) is 5.62. The molecule has 2 aromatic rings. The number of ketones is 1. The van der Waals surface area contributed by atoms with E-state index in [1.54, 1.807) is 35.9 Å². The predicted octanol–water partition coefficient (Wildman–Crippen LogP) is 4.87. The van der Waals surface area contributed by atoms with Crippen LogP contribution < -0.4 is 0 Å². The van der Waals surface area contributed by atoms with Crippen LogP contribution in [0.1, 0.15) is 16.5 Å². The Bertz CT molecular complexity index is 756. The topological polar surface area (TPSA) is 53.8 Å². The summed E-state index contributed by atoms with van der Waals surface area (Å²) in [6, 6.07) is 5.25. The highest BCUT2D eigenvalue weighted by Crippen LogP contribution is 2.42. The summed E-state index contributed by atoms with van der Waals surface area (Å²) in [6.45, 7) is 0. The summed E-state index contributed by atoms with van der Waals surface area (Å²) < 4.78 is 0. The minimum atomic E-state index is -0.584. The Hall–Kier alpha value is -1.14. The molecule has 106 valence electrons. The van der Waals surface area contributed by atoms with Gasteiger partial charge in [-0.3, -0.25) is 10.2 Å². The number of Topliss-reactive ketones (excluding diaryl/α,β-unsaturated/α-hetero) is 1. The second kappa shape index (κ2) is 5.93. The summed E-state index contributed by atoms with van der Waals surface area (Å²) in [5.74, 6) is -0.699. The van der Waals surface area contributed by atoms with Crippen molar-refractivity contribution in [2.24, 2.45) is 0 Å². The van der Waals surface area contributed by atoms with Gasteiger partial charge in [-0.1, -0.05) is 47.1 Å². The number of carbonyl (C=O) groups is 1. The van der Waals surface area contributed by atoms with Crippen LogP contribution >= 0.6 is 46.3 Å². The lowest BCUT2D eigenvalue weighted by molar-refractivity contribution is -0.114. The molecule has 1 aliphatic heterocycles. The zero-order valence-corrected chi connectivity index (χ0v) is 13.6. The molecule has 2 heterocycles. The predicted molar refractivity (Wildman–Crippen MR) is 89.6 cm³/mol. The standard InChI is InChI=1S/C14H8Cl2N2OS2/c15-8-3-1-2-7(11(8)16)6-9-12(19)10(13(17)21-9)14-18-4-5-20-14/h1-6,10,17H/b9-6-,17-13?/t10-/m1/s1. The summed E-state index contributed by atoms with van der Waals surface area (Å²) >= 11 is 14.6. The van der Waals surface area contributed by atoms with Crippen LogP contribution in [0.2, 0.25) is 10.0 Å². The number of aromatic nitrogens is 1. The molecule has 1 fully saturated rings. The van der Waals surface area contributed by atoms with Gasteiger partial charge in [0.25, 0.3) is 0 Å². The fraction of sp³-hybridized carbons (Fsp3) is 0.0714. The average Bonchev–Trinajstić information content (AvgIpc) is 3.04. The number of thiazole rings is 1. The van der Waals surface area contributed by atoms with E-state index >= 15 is 0 Å². The number of allylic oxidation sites excluding steroid dienone is 1. The van der Waals surface area contributed by atoms with E-state index in [-0.39, 0.29) is 5.78 Å². The number of thioether (sulfide) groups is 1. The van der Waals surface area contributed by atoms with Crippen molar-refractivity contribution in [2.45, 2.75) is 5.92 Å². The molecule has 3 rings (SSSR count). The number of hydrogen-bond acceptors (Lipinski definition) is 5. The van der Waals surface area contributed by atoms with Crippen molar-refractivity contribution in [2.75, 3.05) is 0 Å². The molecule has 1 atom stereocenters. The molecule has 0 spiro atoms. The number of rotatable bonds is 2. The summed E-state index contributed by atoms with van der Waals surface area (Å²) in [6.07, 6.45) is 3.32. The van der Waals surface area contributed by atoms with Crippen LogP contribution in [0.5, 0.6) is 0 Å². The first-order valence-corrected chi connectivity index (χ1v) is 8.38. The Morgan fingerprint density at radius 1 is 1.33 bits per heavy atom. The zero-order chi connectivity index (χ0) is 15.0. The van der Waals surface area contributed by atoms with Gasteiger partial charge in [0, 0.05) is 11.6 Å². The Balaban J connectivity index is 1.98. The minimum Gasteiger partial charge on any atom is -0.297 e. The number of hydrogen-bond donors (Lipinski definition) is 1. The fourth-order valence-corrected chi connectivity index (χ4v) is 4.12. The molecule has 0 aliphatic carbocycles. The molecule has 1 aromatic heterocycles. The third kappa shape index (κ3) is 2.79. The van der Waals surface area contributed by atoms with Crippen LogP contribution in [-0.4, -0.2) is 15.8 Å². The van der Waals surface area contributed by atoms with Gasteiger partial charge in [-0.25, -0.2) is 4.98 Å². The lowest BCUT2D eigenvalue weighted by Gasteiger charge is -2.02. The van der Waals surface area contributed by atoms with Crippen LogP contribution in [0.15, 0.2) is 34.7 Å². The molecule has 0 bridgehead atoms. The fourth-order valence-electron chi connectivity index (χ4n) is 1.96. The highest BCUT2D eigenvalue weighted by atomic mass is 35.5. The normalized spacial score (nSPS) is 20.5. The zero-order valence-electron chi connectivity index (χ0n) is 10.5. The van der Waals surface area contributed by atoms with E-state index in [1.807, 2.05) is 0 Å². The van der Waals surface area contributed by atoms with Gasteiger partial charge in [-0.15, -0.1) is 11.3 Å². The van der Waals surface area contributed by atoms with Gasteiger partial charge in [0.15, 0.2) is 5.78 Å². The quantitative estimate of drug-likeness (QED) is 0.782. The van der Waals surface area contributed by atoms with Crippen molar-refractivity contribution in [1.82, 2.24) is 4.98 Å². The summed E-state index contributed by atoms with van der Waals surface area (Å²) in [5, 5.41) is 11.6. The van der Waals surface area contributed by atoms with Crippen LogP contribution in [0.25, 0.3) is 6.08 Å². The summed E-state index contributed by atoms with van der Waals surface area (Å²) in [7, 11) is 0. The molecule has 1 N–H and O–H groups in total. The summed E-state index contributed by atoms with van der Waals surface area (Å²) in [4.78, 5) is 17.1. The van der Waals surface area contributed by atoms with Gasteiger partial charge < -0.3 is 0 Å². The average molecular weight is 355 g/mol. The molecule has 0 amide bonds. The maximum absolute atomic E-state index is 12.5. The maximum Gasteiger partial charge on any atom is 0.186 e. The highest BCUT2D eigenvalue weighted by molar-refractivity contribution is 8.19. The molecule has 7 heteroatoms. The van der Waals surface area contributed by atoms with Crippen LogP contribution in [-0.2, 0) is 4.79 Å². The largest absolute Gasteiger partial charge is 0.297 e. The second-order valence-electron chi connectivity index (χ2n) is 4.29. The van der Waals surface area contributed by atoms with E-state index in [4.69, 9.17) is 28.6 Å². The van der Waals surface area contributed by atoms with Gasteiger partial charge >= 0.3 is 0 Å². The molecule has 0 radical (unpaired) electrons. The molecule has 0 saturated carbocycles. The second-order valence-corrected chi connectivity index (χ2v) is 7.08. The first kappa shape index (κ1) is 14.8. The van der Waals surface area contributed by atoms with Crippen molar-refractivity contribution >= 4 is 63.2 Å².